The zero-order chi connectivity index (χ0) is 78.9. The second-order valence-electron chi connectivity index (χ2n) is 26.6. The molecule has 0 saturated heterocycles. The van der Waals surface area contributed by atoms with Crippen LogP contribution in [-0.2, 0) is 65.4 Å². The van der Waals surface area contributed by atoms with Crippen LogP contribution in [0.3, 0.4) is 0 Å². The maximum atomic E-state index is 13.1. The lowest BCUT2D eigenvalue weighted by atomic mass is 10.1. The van der Waals surface area contributed by atoms with Gasteiger partial charge < -0.3 is 33.8 Å². The van der Waals surface area contributed by atoms with Crippen LogP contribution in [0.4, 0.5) is 0 Å². The van der Waals surface area contributed by atoms with Gasteiger partial charge >= 0.3 is 39.5 Å². The van der Waals surface area contributed by atoms with Crippen molar-refractivity contribution in [1.29, 1.82) is 0 Å². The molecule has 5 atom stereocenters. The zero-order valence-electron chi connectivity index (χ0n) is 66.9. The van der Waals surface area contributed by atoms with Crippen LogP contribution in [0, 0.1) is 0 Å². The second kappa shape index (κ2) is 79.3. The molecule has 0 spiro atoms. The lowest BCUT2D eigenvalue weighted by Crippen LogP contribution is -2.30. The molecule has 108 heavy (non-hydrogen) atoms. The van der Waals surface area contributed by atoms with Gasteiger partial charge in [-0.15, -0.1) is 0 Å². The largest absolute Gasteiger partial charge is 0.472 e. The number of esters is 4. The molecule has 612 valence electrons. The van der Waals surface area contributed by atoms with Gasteiger partial charge in [-0.3, -0.25) is 37.3 Å². The predicted octanol–water partition coefficient (Wildman–Crippen LogP) is 24.3. The van der Waals surface area contributed by atoms with E-state index in [1.165, 1.54) is 38.5 Å². The highest BCUT2D eigenvalue weighted by molar-refractivity contribution is 7.47. The number of rotatable bonds is 75. The monoisotopic (exact) mass is 1550 g/mol. The molecule has 0 heterocycles. The van der Waals surface area contributed by atoms with Gasteiger partial charge in [0.15, 0.2) is 12.2 Å². The summed E-state index contributed by atoms with van der Waals surface area (Å²) in [4.78, 5) is 73.1. The highest BCUT2D eigenvalue weighted by atomic mass is 31.2. The Morgan fingerprint density at radius 2 is 0.500 bits per heavy atom. The van der Waals surface area contributed by atoms with Crippen LogP contribution in [-0.4, -0.2) is 96.7 Å². The van der Waals surface area contributed by atoms with E-state index in [4.69, 9.17) is 37.0 Å². The van der Waals surface area contributed by atoms with Gasteiger partial charge in [0, 0.05) is 25.7 Å². The second-order valence-corrected chi connectivity index (χ2v) is 29.5. The summed E-state index contributed by atoms with van der Waals surface area (Å²) >= 11 is 0. The minimum Gasteiger partial charge on any atom is -0.462 e. The predicted molar refractivity (Wildman–Crippen MR) is 445 cm³/mol. The van der Waals surface area contributed by atoms with Crippen molar-refractivity contribution in [3.05, 3.63) is 182 Å². The van der Waals surface area contributed by atoms with Crippen molar-refractivity contribution in [1.82, 2.24) is 0 Å². The SMILES string of the molecule is CC/C=C\C/C=C\C/C=C\C/C=C\C/C=C\C/C=C\CCC(=O)OCC(COP(=O)(O)OCC(O)COP(=O)(O)OCC(COC(=O)CCCCC/C=C\C/C=C\C/C=C\C/C=C\C/C=C\CC)OC(=O)CCCCCCCCCCCCC)OC(=O)CCCCCCCC/C=C\C/C=C\C/C=C\C/C=C\CC. The van der Waals surface area contributed by atoms with E-state index in [1.807, 2.05) is 18.2 Å². The Hall–Kier alpha value is -5.84. The number of ether oxygens (including phenoxy) is 4. The molecule has 17 nitrogen and oxygen atoms in total. The summed E-state index contributed by atoms with van der Waals surface area (Å²) in [7, 11) is -10.0. The van der Waals surface area contributed by atoms with Crippen molar-refractivity contribution < 1.29 is 80.2 Å². The molecule has 0 rings (SSSR count). The van der Waals surface area contributed by atoms with Crippen LogP contribution < -0.4 is 0 Å². The number of aliphatic hydroxyl groups is 1. The standard InChI is InChI=1S/C89H144O17P2/c1-5-9-13-17-21-25-29-32-35-38-41-44-47-50-54-57-61-65-69-73-86(91)99-79-84(105-88(93)75-71-67-63-59-53-28-24-20-16-12-8-4)81-103-107(95,96)101-77-83(90)78-102-108(97,98)104-82-85(106-89(94)76-72-68-64-60-56-52-49-46-43-40-37-34-31-27-23-19-15-11-7-3)80-100-87(92)74-70-66-62-58-55-51-48-45-42-39-36-33-30-26-22-18-14-10-6-2/h9-11,13-15,21-23,25-27,32-37,41-46,50-51,54-55,62,66,83-85,90H,5-8,12,16-20,24,28-31,38-40,47-49,52-53,56-61,63-65,67-82H2,1-4H3,(H,95,96)(H,97,98)/b13-9-,14-10-,15-11-,25-21-,26-22-,27-23-,35-32-,36-33-,37-34-,44-41-,45-42-,46-43-,54-50-,55-51-,66-62-. The molecule has 0 aromatic rings. The highest BCUT2D eigenvalue weighted by Gasteiger charge is 2.30. The van der Waals surface area contributed by atoms with Gasteiger partial charge in [0.05, 0.1) is 26.4 Å². The van der Waals surface area contributed by atoms with Gasteiger partial charge in [0.25, 0.3) is 0 Å². The molecule has 0 aromatic heterocycles. The molecule has 0 bridgehead atoms. The number of carbonyl (C=O) groups excluding carboxylic acids is 4. The summed E-state index contributed by atoms with van der Waals surface area (Å²) in [6.07, 6.45) is 96.0. The smallest absolute Gasteiger partial charge is 0.462 e. The first-order valence-corrected chi connectivity index (χ1v) is 44.0. The normalized spacial score (nSPS) is 14.8. The molecule has 0 amide bonds. The average Bonchev–Trinajstić information content (AvgIpc) is 0.917. The molecular formula is C89H144O17P2. The average molecular weight is 1550 g/mol. The number of aliphatic hydroxyl groups excluding tert-OH is 1. The summed E-state index contributed by atoms with van der Waals surface area (Å²) in [5.74, 6) is -2.33. The van der Waals surface area contributed by atoms with Crippen LogP contribution in [0.25, 0.3) is 0 Å². The molecule has 0 saturated carbocycles. The number of phosphoric ester groups is 2. The number of hydrogen-bond acceptors (Lipinski definition) is 15. The van der Waals surface area contributed by atoms with Gasteiger partial charge in [-0.25, -0.2) is 9.13 Å². The minimum absolute atomic E-state index is 0.0259. The van der Waals surface area contributed by atoms with E-state index in [0.29, 0.717) is 32.1 Å². The Morgan fingerprint density at radius 3 is 0.806 bits per heavy atom. The van der Waals surface area contributed by atoms with E-state index in [0.717, 1.165) is 173 Å². The first-order chi connectivity index (χ1) is 52.7. The molecule has 5 unspecified atom stereocenters. The Labute approximate surface area is 654 Å². The van der Waals surface area contributed by atoms with Crippen molar-refractivity contribution in [2.45, 2.75) is 316 Å². The van der Waals surface area contributed by atoms with Gasteiger partial charge in [-0.1, -0.05) is 306 Å². The first kappa shape index (κ1) is 102. The minimum atomic E-state index is -5.01. The lowest BCUT2D eigenvalue weighted by Gasteiger charge is -2.21. The van der Waals surface area contributed by atoms with Crippen molar-refractivity contribution in [3.8, 4) is 0 Å². The van der Waals surface area contributed by atoms with E-state index >= 15 is 0 Å². The Balaban J connectivity index is 5.46. The fraction of sp³-hybridized carbons (Fsp3) is 0.618. The summed E-state index contributed by atoms with van der Waals surface area (Å²) in [5.41, 5.74) is 0. The number of hydrogen-bond donors (Lipinski definition) is 3. The number of allylic oxidation sites excluding steroid dienone is 30. The molecule has 0 aliphatic carbocycles. The zero-order valence-corrected chi connectivity index (χ0v) is 68.7. The van der Waals surface area contributed by atoms with Gasteiger partial charge in [-0.2, -0.15) is 0 Å². The highest BCUT2D eigenvalue weighted by Crippen LogP contribution is 2.45. The van der Waals surface area contributed by atoms with Gasteiger partial charge in [-0.05, 0) is 148 Å². The Bertz CT molecular complexity index is 2760. The molecule has 0 radical (unpaired) electrons. The Morgan fingerprint density at radius 1 is 0.269 bits per heavy atom. The quantitative estimate of drug-likeness (QED) is 0.0169. The topological polar surface area (TPSA) is 237 Å². The summed E-state index contributed by atoms with van der Waals surface area (Å²) in [5, 5.41) is 10.7. The fourth-order valence-corrected chi connectivity index (χ4v) is 11.8. The fourth-order valence-electron chi connectivity index (χ4n) is 10.3. The maximum Gasteiger partial charge on any atom is 0.472 e. The van der Waals surface area contributed by atoms with E-state index in [9.17, 15) is 43.2 Å². The third-order valence-corrected chi connectivity index (χ3v) is 18.3. The summed E-state index contributed by atoms with van der Waals surface area (Å²) < 4.78 is 68.6. The van der Waals surface area contributed by atoms with Crippen LogP contribution >= 0.6 is 15.6 Å². The van der Waals surface area contributed by atoms with Crippen LogP contribution in [0.5, 0.6) is 0 Å². The first-order valence-electron chi connectivity index (χ1n) is 41.0. The van der Waals surface area contributed by atoms with Gasteiger partial charge in [0.1, 0.15) is 19.3 Å². The molecule has 0 aromatic carbocycles. The molecule has 0 aliphatic heterocycles. The number of unbranched alkanes of at least 4 members (excludes halogenated alkanes) is 19. The van der Waals surface area contributed by atoms with E-state index < -0.39 is 97.5 Å². The third kappa shape index (κ3) is 78.3. The van der Waals surface area contributed by atoms with E-state index in [2.05, 4.69) is 192 Å². The van der Waals surface area contributed by atoms with Crippen molar-refractivity contribution in [2.75, 3.05) is 39.6 Å². The molecule has 0 fully saturated rings. The van der Waals surface area contributed by atoms with Crippen LogP contribution in [0.1, 0.15) is 297 Å². The lowest BCUT2D eigenvalue weighted by molar-refractivity contribution is -0.161. The van der Waals surface area contributed by atoms with Crippen molar-refractivity contribution in [2.24, 2.45) is 0 Å². The molecule has 19 heteroatoms. The Kier molecular flexibility index (Phi) is 75.0. The summed E-state index contributed by atoms with van der Waals surface area (Å²) in [6, 6.07) is 0. The van der Waals surface area contributed by atoms with E-state index in [-0.39, 0.29) is 25.7 Å². The third-order valence-electron chi connectivity index (χ3n) is 16.4. The van der Waals surface area contributed by atoms with Crippen molar-refractivity contribution >= 4 is 39.5 Å². The van der Waals surface area contributed by atoms with Crippen LogP contribution in [0.2, 0.25) is 0 Å². The molecular weight excluding hydrogens is 1400 g/mol. The molecule has 3 N–H and O–H groups in total. The van der Waals surface area contributed by atoms with Crippen molar-refractivity contribution in [3.63, 3.8) is 0 Å². The van der Waals surface area contributed by atoms with E-state index in [1.54, 1.807) is 0 Å². The molecule has 0 aliphatic rings. The maximum absolute atomic E-state index is 13.1. The van der Waals surface area contributed by atoms with Crippen LogP contribution in [0.15, 0.2) is 182 Å². The number of carbonyl (C=O) groups is 4. The summed E-state index contributed by atoms with van der Waals surface area (Å²) in [6.45, 7) is 4.38. The number of phosphoric acid groups is 2. The van der Waals surface area contributed by atoms with Gasteiger partial charge in [0.2, 0.25) is 0 Å².